The molecule has 0 bridgehead atoms. The van der Waals surface area contributed by atoms with Crippen LogP contribution >= 0.6 is 0 Å². The lowest BCUT2D eigenvalue weighted by atomic mass is 9.89. The molecule has 1 aromatic carbocycles. The molecule has 3 N–H and O–H groups in total. The predicted molar refractivity (Wildman–Crippen MR) is 113 cm³/mol. The highest BCUT2D eigenvalue weighted by molar-refractivity contribution is 5.96. The van der Waals surface area contributed by atoms with Gasteiger partial charge < -0.3 is 20.4 Å². The molecular weight excluding hydrogens is 400 g/mol. The fourth-order valence-electron chi connectivity index (χ4n) is 3.60. The molecule has 1 aliphatic heterocycles. The standard InChI is InChI=1S/C22H24N4O5/c1-14(16-9-17-10-23-13-25-20(17)24-11-16)12-26(18(22(30)31)7-8-19(27)28)21(29)15-5-3-2-4-6-15/h2-6,10,13,16,18H,1,7-9,11-12H2,(H,27,28)(H,30,31)(H,23,24,25)/t16?,18-/m0/s1. The van der Waals surface area contributed by atoms with Gasteiger partial charge in [-0.05, 0) is 25.0 Å². The van der Waals surface area contributed by atoms with E-state index in [1.54, 1.807) is 36.5 Å². The number of nitrogens with zero attached hydrogens (tertiary/aromatic N) is 3. The maximum Gasteiger partial charge on any atom is 0.326 e. The number of benzene rings is 1. The third-order valence-corrected chi connectivity index (χ3v) is 5.30. The number of hydrogen-bond donors (Lipinski definition) is 3. The molecular formula is C22H24N4O5. The first-order valence-corrected chi connectivity index (χ1v) is 9.88. The van der Waals surface area contributed by atoms with Crippen molar-refractivity contribution in [1.82, 2.24) is 14.9 Å². The smallest absolute Gasteiger partial charge is 0.326 e. The molecule has 0 radical (unpaired) electrons. The van der Waals surface area contributed by atoms with E-state index >= 15 is 0 Å². The first-order chi connectivity index (χ1) is 14.9. The summed E-state index contributed by atoms with van der Waals surface area (Å²) in [5.74, 6) is -2.16. The minimum Gasteiger partial charge on any atom is -0.481 e. The van der Waals surface area contributed by atoms with E-state index in [-0.39, 0.29) is 25.3 Å². The van der Waals surface area contributed by atoms with Gasteiger partial charge in [0.1, 0.15) is 18.2 Å². The number of carboxylic acids is 2. The molecule has 0 saturated heterocycles. The lowest BCUT2D eigenvalue weighted by Crippen LogP contribution is -2.47. The Morgan fingerprint density at radius 3 is 2.65 bits per heavy atom. The number of carboxylic acid groups (broad SMARTS) is 2. The van der Waals surface area contributed by atoms with Gasteiger partial charge in [-0.25, -0.2) is 14.8 Å². The molecule has 1 aromatic heterocycles. The van der Waals surface area contributed by atoms with E-state index in [4.69, 9.17) is 5.11 Å². The summed E-state index contributed by atoms with van der Waals surface area (Å²) in [4.78, 5) is 45.6. The van der Waals surface area contributed by atoms with Gasteiger partial charge >= 0.3 is 11.9 Å². The van der Waals surface area contributed by atoms with E-state index in [9.17, 15) is 19.5 Å². The summed E-state index contributed by atoms with van der Waals surface area (Å²) in [5.41, 5.74) is 1.92. The predicted octanol–water partition coefficient (Wildman–Crippen LogP) is 2.08. The number of aromatic nitrogens is 2. The zero-order valence-electron chi connectivity index (χ0n) is 16.9. The van der Waals surface area contributed by atoms with Crippen molar-refractivity contribution >= 4 is 23.7 Å². The largest absolute Gasteiger partial charge is 0.481 e. The van der Waals surface area contributed by atoms with Gasteiger partial charge in [0.15, 0.2) is 0 Å². The molecule has 1 amide bonds. The molecule has 1 aliphatic rings. The quantitative estimate of drug-likeness (QED) is 0.521. The summed E-state index contributed by atoms with van der Waals surface area (Å²) in [6.45, 7) is 4.66. The van der Waals surface area contributed by atoms with Gasteiger partial charge in [0.25, 0.3) is 5.91 Å². The maximum absolute atomic E-state index is 13.2. The molecule has 162 valence electrons. The van der Waals surface area contributed by atoms with Crippen molar-refractivity contribution in [3.63, 3.8) is 0 Å². The van der Waals surface area contributed by atoms with Gasteiger partial charge in [0, 0.05) is 42.8 Å². The zero-order chi connectivity index (χ0) is 22.4. The minimum absolute atomic E-state index is 0.000313. The molecule has 0 aliphatic carbocycles. The molecule has 31 heavy (non-hydrogen) atoms. The van der Waals surface area contributed by atoms with Crippen LogP contribution in [-0.2, 0) is 16.0 Å². The number of hydrogen-bond acceptors (Lipinski definition) is 6. The van der Waals surface area contributed by atoms with Crippen LogP contribution in [0.1, 0.15) is 28.8 Å². The summed E-state index contributed by atoms with van der Waals surface area (Å²) < 4.78 is 0. The van der Waals surface area contributed by atoms with Crippen molar-refractivity contribution in [2.45, 2.75) is 25.3 Å². The van der Waals surface area contributed by atoms with Crippen molar-refractivity contribution in [2.75, 3.05) is 18.4 Å². The zero-order valence-corrected chi connectivity index (χ0v) is 16.9. The van der Waals surface area contributed by atoms with Gasteiger partial charge in [-0.3, -0.25) is 9.59 Å². The average molecular weight is 424 g/mol. The first-order valence-electron chi connectivity index (χ1n) is 9.88. The number of anilines is 1. The summed E-state index contributed by atoms with van der Waals surface area (Å²) in [5, 5.41) is 22.0. The molecule has 3 rings (SSSR count). The lowest BCUT2D eigenvalue weighted by Gasteiger charge is -2.33. The van der Waals surface area contributed by atoms with Crippen molar-refractivity contribution in [2.24, 2.45) is 5.92 Å². The van der Waals surface area contributed by atoms with Gasteiger partial charge in [-0.2, -0.15) is 0 Å². The number of rotatable bonds is 9. The number of amides is 1. The second kappa shape index (κ2) is 9.84. The van der Waals surface area contributed by atoms with Crippen LogP contribution in [0.25, 0.3) is 0 Å². The van der Waals surface area contributed by atoms with Crippen LogP contribution in [0.4, 0.5) is 5.82 Å². The highest BCUT2D eigenvalue weighted by atomic mass is 16.4. The Balaban J connectivity index is 1.83. The van der Waals surface area contributed by atoms with E-state index in [1.165, 1.54) is 11.2 Å². The summed E-state index contributed by atoms with van der Waals surface area (Å²) in [6.07, 6.45) is 3.23. The Kier molecular flexibility index (Phi) is 6.96. The molecule has 0 spiro atoms. The van der Waals surface area contributed by atoms with E-state index < -0.39 is 23.9 Å². The number of fused-ring (bicyclic) bond motifs is 1. The number of carbonyl (C=O) groups excluding carboxylic acids is 1. The van der Waals surface area contributed by atoms with Crippen molar-refractivity contribution in [1.29, 1.82) is 0 Å². The number of nitrogens with one attached hydrogen (secondary N) is 1. The fourth-order valence-corrected chi connectivity index (χ4v) is 3.60. The second-order valence-corrected chi connectivity index (χ2v) is 7.42. The average Bonchev–Trinajstić information content (AvgIpc) is 2.77. The van der Waals surface area contributed by atoms with Crippen LogP contribution in [0.15, 0.2) is 55.0 Å². The highest BCUT2D eigenvalue weighted by Gasteiger charge is 2.33. The van der Waals surface area contributed by atoms with Crippen LogP contribution < -0.4 is 5.32 Å². The van der Waals surface area contributed by atoms with Crippen LogP contribution in [-0.4, -0.2) is 62.1 Å². The normalized spacial score (nSPS) is 15.8. The van der Waals surface area contributed by atoms with Crippen LogP contribution in [0, 0.1) is 5.92 Å². The monoisotopic (exact) mass is 424 g/mol. The summed E-state index contributed by atoms with van der Waals surface area (Å²) in [6, 6.07) is 7.05. The summed E-state index contributed by atoms with van der Waals surface area (Å²) in [7, 11) is 0. The van der Waals surface area contributed by atoms with Crippen molar-refractivity contribution in [3.05, 3.63) is 66.1 Å². The van der Waals surface area contributed by atoms with Crippen LogP contribution in [0.2, 0.25) is 0 Å². The fraction of sp³-hybridized carbons (Fsp3) is 0.318. The molecule has 9 heteroatoms. The van der Waals surface area contributed by atoms with Crippen LogP contribution in [0.3, 0.4) is 0 Å². The lowest BCUT2D eigenvalue weighted by molar-refractivity contribution is -0.143. The van der Waals surface area contributed by atoms with Crippen molar-refractivity contribution in [3.8, 4) is 0 Å². The Labute approximate surface area is 179 Å². The highest BCUT2D eigenvalue weighted by Crippen LogP contribution is 2.27. The molecule has 0 fully saturated rings. The first kappa shape index (κ1) is 21.9. The Bertz CT molecular complexity index is 979. The third-order valence-electron chi connectivity index (χ3n) is 5.30. The topological polar surface area (TPSA) is 133 Å². The molecule has 2 atom stereocenters. The Morgan fingerprint density at radius 1 is 1.23 bits per heavy atom. The van der Waals surface area contributed by atoms with Crippen molar-refractivity contribution < 1.29 is 24.6 Å². The maximum atomic E-state index is 13.2. The van der Waals surface area contributed by atoms with Gasteiger partial charge in [-0.15, -0.1) is 0 Å². The molecule has 0 saturated carbocycles. The molecule has 2 heterocycles. The third kappa shape index (κ3) is 5.44. The van der Waals surface area contributed by atoms with Gasteiger partial charge in [-0.1, -0.05) is 30.4 Å². The summed E-state index contributed by atoms with van der Waals surface area (Å²) >= 11 is 0. The SMILES string of the molecule is C=C(CN(C(=O)c1ccccc1)[C@@H](CCC(=O)O)C(=O)O)C1CNc2ncncc2C1. The van der Waals surface area contributed by atoms with Gasteiger partial charge in [0.2, 0.25) is 0 Å². The Morgan fingerprint density at radius 2 is 1.97 bits per heavy atom. The molecule has 9 nitrogen and oxygen atoms in total. The molecule has 2 aromatic rings. The van der Waals surface area contributed by atoms with E-state index in [0.717, 1.165) is 11.4 Å². The van der Waals surface area contributed by atoms with Gasteiger partial charge in [0.05, 0.1) is 0 Å². The van der Waals surface area contributed by atoms with E-state index in [0.29, 0.717) is 24.1 Å². The molecule has 1 unspecified atom stereocenters. The number of aliphatic carboxylic acids is 2. The van der Waals surface area contributed by atoms with E-state index in [1.807, 2.05) is 0 Å². The van der Waals surface area contributed by atoms with E-state index in [2.05, 4.69) is 21.9 Å². The minimum atomic E-state index is -1.28. The van der Waals surface area contributed by atoms with Crippen LogP contribution in [0.5, 0.6) is 0 Å². The second-order valence-electron chi connectivity index (χ2n) is 7.42. The Hall–Kier alpha value is -3.75. The number of carbonyl (C=O) groups is 3.